The van der Waals surface area contributed by atoms with Gasteiger partial charge in [0.1, 0.15) is 11.2 Å². The first kappa shape index (κ1) is 36.1. The van der Waals surface area contributed by atoms with Crippen molar-refractivity contribution in [2.24, 2.45) is 0 Å². The fourth-order valence-electron chi connectivity index (χ4n) is 9.97. The van der Waals surface area contributed by atoms with Gasteiger partial charge in [-0.3, -0.25) is 0 Å². The van der Waals surface area contributed by atoms with Crippen molar-refractivity contribution in [3.05, 3.63) is 231 Å². The molecule has 0 spiro atoms. The third-order valence-electron chi connectivity index (χ3n) is 12.9. The number of fused-ring (bicyclic) bond motifs is 10. The van der Waals surface area contributed by atoms with E-state index in [4.69, 9.17) is 4.42 Å². The number of anilines is 2. The van der Waals surface area contributed by atoms with Gasteiger partial charge in [0.15, 0.2) is 0 Å². The monoisotopic (exact) mass is 817 g/mol. The minimum Gasteiger partial charge on any atom is -0.455 e. The molecule has 4 nitrogen and oxygen atoms in total. The van der Waals surface area contributed by atoms with E-state index in [1.807, 2.05) is 0 Å². The molecule has 13 aromatic rings. The highest BCUT2D eigenvalue weighted by Gasteiger charge is 2.19. The van der Waals surface area contributed by atoms with Crippen molar-refractivity contribution < 1.29 is 4.42 Å². The molecule has 3 heterocycles. The van der Waals surface area contributed by atoms with Crippen molar-refractivity contribution >= 4 is 76.9 Å². The third kappa shape index (κ3) is 5.77. The minimum atomic E-state index is 0.882. The van der Waals surface area contributed by atoms with Crippen LogP contribution in [0.3, 0.4) is 0 Å². The second-order valence-electron chi connectivity index (χ2n) is 16.6. The molecule has 3 aromatic heterocycles. The quantitative estimate of drug-likeness (QED) is 0.174. The van der Waals surface area contributed by atoms with Crippen LogP contribution >= 0.6 is 0 Å². The largest absolute Gasteiger partial charge is 0.455 e. The minimum absolute atomic E-state index is 0.882. The van der Waals surface area contributed by atoms with Crippen LogP contribution in [0.15, 0.2) is 235 Å². The summed E-state index contributed by atoms with van der Waals surface area (Å²) >= 11 is 0. The number of hydrogen-bond acceptors (Lipinski definition) is 2. The summed E-state index contributed by atoms with van der Waals surface area (Å²) in [7, 11) is 0. The Balaban J connectivity index is 0.839. The lowest BCUT2D eigenvalue weighted by molar-refractivity contribution is 0.673. The summed E-state index contributed by atoms with van der Waals surface area (Å²) in [6.45, 7) is 0. The number of para-hydroxylation sites is 5. The smallest absolute Gasteiger partial charge is 0.145 e. The number of rotatable bonds is 7. The van der Waals surface area contributed by atoms with Crippen LogP contribution in [0.1, 0.15) is 0 Å². The topological polar surface area (TPSA) is 35.0 Å². The molecule has 10 aromatic carbocycles. The molecule has 64 heavy (non-hydrogen) atoms. The highest BCUT2D eigenvalue weighted by molar-refractivity contribution is 6.24. The maximum absolute atomic E-state index is 6.74. The van der Waals surface area contributed by atoms with Gasteiger partial charge in [0.25, 0.3) is 0 Å². The van der Waals surface area contributed by atoms with Gasteiger partial charge in [0.2, 0.25) is 0 Å². The Hall–Kier alpha value is -8.60. The summed E-state index contributed by atoms with van der Waals surface area (Å²) in [6.07, 6.45) is 0. The second kappa shape index (κ2) is 14.5. The number of nitrogens with zero attached hydrogens (tertiary/aromatic N) is 2. The Bertz CT molecular complexity index is 3930. The van der Waals surface area contributed by atoms with Crippen molar-refractivity contribution in [3.63, 3.8) is 0 Å². The summed E-state index contributed by atoms with van der Waals surface area (Å²) in [6, 6.07) is 82.6. The highest BCUT2D eigenvalue weighted by atomic mass is 16.3. The SMILES string of the molecule is c1ccc(-n2c3ccccc3c3cc(-c4cccc(-c5ccccc5Nc5cccc(-c6ccc7oc8c(ccc9c8c8ccccc8n9-c8ccccc8)c7c6)c5)c4)ccc32)cc1. The number of hydrogen-bond donors (Lipinski definition) is 1. The molecule has 0 saturated carbocycles. The number of benzene rings is 10. The molecule has 1 N–H and O–H groups in total. The van der Waals surface area contributed by atoms with Gasteiger partial charge in [0, 0.05) is 55.2 Å². The highest BCUT2D eigenvalue weighted by Crippen LogP contribution is 2.42. The van der Waals surface area contributed by atoms with Gasteiger partial charge < -0.3 is 18.9 Å². The first-order chi connectivity index (χ1) is 31.7. The molecular formula is C60H39N3O. The lowest BCUT2D eigenvalue weighted by Gasteiger charge is -2.14. The Labute approximate surface area is 369 Å². The van der Waals surface area contributed by atoms with Gasteiger partial charge >= 0.3 is 0 Å². The van der Waals surface area contributed by atoms with Crippen molar-refractivity contribution in [1.82, 2.24) is 9.13 Å². The Kier molecular flexibility index (Phi) is 8.18. The molecule has 0 aliphatic rings. The second-order valence-corrected chi connectivity index (χ2v) is 16.6. The zero-order valence-electron chi connectivity index (χ0n) is 34.7. The van der Waals surface area contributed by atoms with E-state index in [2.05, 4.69) is 245 Å². The van der Waals surface area contributed by atoms with E-state index in [1.54, 1.807) is 0 Å². The lowest BCUT2D eigenvalue weighted by atomic mass is 9.97. The zero-order chi connectivity index (χ0) is 42.1. The Morgan fingerprint density at radius 3 is 1.69 bits per heavy atom. The van der Waals surface area contributed by atoms with Crippen LogP contribution < -0.4 is 5.32 Å². The summed E-state index contributed by atoms with van der Waals surface area (Å²) < 4.78 is 11.4. The Morgan fingerprint density at radius 1 is 0.328 bits per heavy atom. The molecule has 0 amide bonds. The van der Waals surface area contributed by atoms with Crippen LogP contribution in [-0.4, -0.2) is 9.13 Å². The maximum atomic E-state index is 6.74. The van der Waals surface area contributed by atoms with Crippen LogP contribution in [0.4, 0.5) is 11.4 Å². The van der Waals surface area contributed by atoms with Crippen molar-refractivity contribution in [2.45, 2.75) is 0 Å². The standard InChI is InChI=1S/C60H39N3O/c1-3-19-45(20-4-1)62-54-27-11-8-24-48(54)51-37-41(29-32-56(51)62)39-15-13-17-43(35-39)47-23-7-10-26-53(47)61-44-18-14-16-40(36-44)42-30-34-58-52(38-42)49-31-33-57-59(60(49)64-58)50-25-9-12-28-55(50)63(57)46-21-5-2-6-22-46/h1-38,61H. The average molecular weight is 818 g/mol. The van der Waals surface area contributed by atoms with Gasteiger partial charge in [-0.2, -0.15) is 0 Å². The van der Waals surface area contributed by atoms with Crippen molar-refractivity contribution in [2.75, 3.05) is 5.32 Å². The van der Waals surface area contributed by atoms with Crippen molar-refractivity contribution in [1.29, 1.82) is 0 Å². The molecule has 0 aliphatic carbocycles. The van der Waals surface area contributed by atoms with E-state index < -0.39 is 0 Å². The van der Waals surface area contributed by atoms with Crippen LogP contribution in [0.2, 0.25) is 0 Å². The predicted octanol–water partition coefficient (Wildman–Crippen LogP) is 16.5. The van der Waals surface area contributed by atoms with Gasteiger partial charge in [0.05, 0.1) is 27.5 Å². The normalized spacial score (nSPS) is 11.8. The molecule has 0 bridgehead atoms. The molecule has 0 unspecified atom stereocenters. The van der Waals surface area contributed by atoms with Gasteiger partial charge in [-0.15, -0.1) is 0 Å². The van der Waals surface area contributed by atoms with E-state index in [-0.39, 0.29) is 0 Å². The number of furan rings is 1. The Morgan fingerprint density at radius 2 is 0.891 bits per heavy atom. The predicted molar refractivity (Wildman–Crippen MR) is 268 cm³/mol. The van der Waals surface area contributed by atoms with Gasteiger partial charge in [-0.25, -0.2) is 0 Å². The molecule has 0 saturated heterocycles. The summed E-state index contributed by atoms with van der Waals surface area (Å²) in [5.41, 5.74) is 17.8. The van der Waals surface area contributed by atoms with E-state index >= 15 is 0 Å². The first-order valence-electron chi connectivity index (χ1n) is 21.8. The number of aromatic nitrogens is 2. The molecule has 13 rings (SSSR count). The molecule has 0 aliphatic heterocycles. The van der Waals surface area contributed by atoms with Crippen LogP contribution in [0.25, 0.3) is 110 Å². The third-order valence-corrected chi connectivity index (χ3v) is 12.9. The summed E-state index contributed by atoms with van der Waals surface area (Å²) in [4.78, 5) is 0. The van der Waals surface area contributed by atoms with Crippen LogP contribution in [-0.2, 0) is 0 Å². The first-order valence-corrected chi connectivity index (χ1v) is 21.8. The average Bonchev–Trinajstić information content (AvgIpc) is 4.02. The molecule has 0 atom stereocenters. The van der Waals surface area contributed by atoms with E-state index in [0.29, 0.717) is 0 Å². The molecule has 4 heteroatoms. The number of nitrogens with one attached hydrogen (secondary N) is 1. The molecular weight excluding hydrogens is 779 g/mol. The molecule has 0 fully saturated rings. The lowest BCUT2D eigenvalue weighted by Crippen LogP contribution is -1.94. The summed E-state index contributed by atoms with van der Waals surface area (Å²) in [5, 5.41) is 10.8. The van der Waals surface area contributed by atoms with E-state index in [1.165, 1.54) is 38.3 Å². The molecule has 300 valence electrons. The van der Waals surface area contributed by atoms with Gasteiger partial charge in [-0.1, -0.05) is 133 Å². The van der Waals surface area contributed by atoms with Crippen LogP contribution in [0.5, 0.6) is 0 Å². The maximum Gasteiger partial charge on any atom is 0.145 e. The fraction of sp³-hybridized carbons (Fsp3) is 0. The van der Waals surface area contributed by atoms with Crippen LogP contribution in [0, 0.1) is 0 Å². The fourth-order valence-corrected chi connectivity index (χ4v) is 9.97. The zero-order valence-corrected chi connectivity index (χ0v) is 34.7. The summed E-state index contributed by atoms with van der Waals surface area (Å²) in [5.74, 6) is 0. The van der Waals surface area contributed by atoms with Crippen molar-refractivity contribution in [3.8, 4) is 44.8 Å². The van der Waals surface area contributed by atoms with E-state index in [9.17, 15) is 0 Å². The van der Waals surface area contributed by atoms with E-state index in [0.717, 1.165) is 83.4 Å². The molecule has 0 radical (unpaired) electrons. The van der Waals surface area contributed by atoms with Gasteiger partial charge in [-0.05, 0) is 125 Å².